The van der Waals surface area contributed by atoms with Crippen LogP contribution in [0.2, 0.25) is 0 Å². The van der Waals surface area contributed by atoms with Crippen LogP contribution in [0.4, 0.5) is 0 Å². The van der Waals surface area contributed by atoms with Gasteiger partial charge in [-0.05, 0) is 36.8 Å². The zero-order valence-electron chi connectivity index (χ0n) is 15.8. The largest absolute Gasteiger partial charge is 0.488 e. The lowest BCUT2D eigenvalue weighted by Gasteiger charge is -2.35. The number of hydrogen-bond acceptors (Lipinski definition) is 4. The summed E-state index contributed by atoms with van der Waals surface area (Å²) >= 11 is 0. The molecule has 1 amide bonds. The molecule has 1 N–H and O–H groups in total. The summed E-state index contributed by atoms with van der Waals surface area (Å²) in [5.41, 5.74) is 4.12. The van der Waals surface area contributed by atoms with E-state index in [1.165, 1.54) is 0 Å². The monoisotopic (exact) mass is 374 g/mol. The number of carbonyl (C=O) groups excluding carboxylic acids is 1. The van der Waals surface area contributed by atoms with Gasteiger partial charge in [0.2, 0.25) is 0 Å². The van der Waals surface area contributed by atoms with E-state index in [1.54, 1.807) is 18.6 Å². The molecule has 4 rings (SSSR count). The van der Waals surface area contributed by atoms with Crippen LogP contribution in [0.1, 0.15) is 40.4 Å². The number of nitrogens with one attached hydrogen (secondary N) is 1. The van der Waals surface area contributed by atoms with Gasteiger partial charge >= 0.3 is 0 Å². The van der Waals surface area contributed by atoms with Crippen LogP contribution < -0.4 is 4.74 Å². The molecule has 1 atom stereocenters. The highest BCUT2D eigenvalue weighted by Crippen LogP contribution is 2.34. The van der Waals surface area contributed by atoms with E-state index >= 15 is 0 Å². The van der Waals surface area contributed by atoms with E-state index in [2.05, 4.69) is 21.5 Å². The summed E-state index contributed by atoms with van der Waals surface area (Å²) in [5.74, 6) is 0.463. The highest BCUT2D eigenvalue weighted by Gasteiger charge is 2.36. The number of pyridine rings is 1. The highest BCUT2D eigenvalue weighted by molar-refractivity contribution is 5.97. The van der Waals surface area contributed by atoms with Crippen LogP contribution in [0.25, 0.3) is 0 Å². The van der Waals surface area contributed by atoms with Gasteiger partial charge in [-0.2, -0.15) is 0 Å². The van der Waals surface area contributed by atoms with Gasteiger partial charge in [-0.15, -0.1) is 0 Å². The maximum Gasteiger partial charge on any atom is 0.258 e. The molecule has 3 heterocycles. The van der Waals surface area contributed by atoms with Gasteiger partial charge in [0.1, 0.15) is 18.4 Å². The molecule has 0 saturated carbocycles. The molecular formula is C22H22N4O2. The average molecular weight is 374 g/mol. The topological polar surface area (TPSA) is 71.1 Å². The smallest absolute Gasteiger partial charge is 0.258 e. The maximum atomic E-state index is 13.5. The molecule has 0 fully saturated rings. The Hall–Kier alpha value is -3.41. The number of nitrogens with zero attached hydrogens (tertiary/aromatic N) is 3. The van der Waals surface area contributed by atoms with E-state index in [0.717, 1.165) is 29.1 Å². The van der Waals surface area contributed by atoms with Crippen LogP contribution in [0.3, 0.4) is 0 Å². The Bertz CT molecular complexity index is 997. The van der Waals surface area contributed by atoms with Crippen LogP contribution in [0.5, 0.6) is 5.75 Å². The van der Waals surface area contributed by atoms with Gasteiger partial charge in [0.05, 0.1) is 23.3 Å². The number of para-hydroxylation sites is 1. The molecule has 6 nitrogen and oxygen atoms in total. The summed E-state index contributed by atoms with van der Waals surface area (Å²) in [7, 11) is 0. The second-order valence-electron chi connectivity index (χ2n) is 6.91. The molecule has 0 bridgehead atoms. The zero-order valence-corrected chi connectivity index (χ0v) is 15.8. The van der Waals surface area contributed by atoms with Gasteiger partial charge in [-0.1, -0.05) is 24.8 Å². The van der Waals surface area contributed by atoms with E-state index in [9.17, 15) is 4.79 Å². The minimum atomic E-state index is -0.335. The lowest BCUT2D eigenvalue weighted by atomic mass is 9.98. The number of H-pyrrole nitrogens is 1. The van der Waals surface area contributed by atoms with Crippen molar-refractivity contribution >= 4 is 5.91 Å². The molecule has 2 aromatic heterocycles. The Balaban J connectivity index is 1.72. The molecule has 1 aliphatic heterocycles. The first-order chi connectivity index (χ1) is 13.6. The number of carbonyl (C=O) groups is 1. The number of amides is 1. The Labute approximate surface area is 163 Å². The Morgan fingerprint density at radius 2 is 2.07 bits per heavy atom. The molecule has 0 aliphatic carbocycles. The number of ether oxygens (including phenoxy) is 1. The second-order valence-corrected chi connectivity index (χ2v) is 6.91. The van der Waals surface area contributed by atoms with E-state index in [0.29, 0.717) is 24.5 Å². The number of aromatic nitrogens is 3. The summed E-state index contributed by atoms with van der Waals surface area (Å²) < 4.78 is 5.82. The minimum Gasteiger partial charge on any atom is -0.488 e. The Morgan fingerprint density at radius 3 is 2.86 bits per heavy atom. The number of fused-ring (bicyclic) bond motifs is 1. The third-order valence-electron chi connectivity index (χ3n) is 4.75. The molecule has 28 heavy (non-hydrogen) atoms. The minimum absolute atomic E-state index is 0.0957. The van der Waals surface area contributed by atoms with Crippen molar-refractivity contribution in [2.24, 2.45) is 0 Å². The van der Waals surface area contributed by atoms with E-state index < -0.39 is 0 Å². The molecule has 1 unspecified atom stereocenters. The number of imidazole rings is 1. The van der Waals surface area contributed by atoms with Crippen LogP contribution in [0, 0.1) is 0 Å². The van der Waals surface area contributed by atoms with Crippen molar-refractivity contribution in [3.8, 4) is 5.75 Å². The molecule has 3 aromatic rings. The van der Waals surface area contributed by atoms with Crippen molar-refractivity contribution in [1.82, 2.24) is 19.9 Å². The molecular weight excluding hydrogens is 352 g/mol. The van der Waals surface area contributed by atoms with Crippen molar-refractivity contribution in [1.29, 1.82) is 0 Å². The molecule has 0 spiro atoms. The van der Waals surface area contributed by atoms with Crippen molar-refractivity contribution in [3.63, 3.8) is 0 Å². The van der Waals surface area contributed by atoms with E-state index in [1.807, 2.05) is 48.2 Å². The third kappa shape index (κ3) is 3.41. The van der Waals surface area contributed by atoms with Crippen LogP contribution >= 0.6 is 0 Å². The molecule has 0 radical (unpaired) electrons. The van der Waals surface area contributed by atoms with Crippen LogP contribution in [0.15, 0.2) is 67.1 Å². The summed E-state index contributed by atoms with van der Waals surface area (Å²) in [6.45, 7) is 6.71. The maximum absolute atomic E-state index is 13.5. The van der Waals surface area contributed by atoms with E-state index in [-0.39, 0.29) is 11.9 Å². The molecule has 1 aliphatic rings. The van der Waals surface area contributed by atoms with Gasteiger partial charge in [0.25, 0.3) is 5.91 Å². The molecule has 6 heteroatoms. The quantitative estimate of drug-likeness (QED) is 0.694. The van der Waals surface area contributed by atoms with Crippen molar-refractivity contribution in [3.05, 3.63) is 89.8 Å². The second kappa shape index (κ2) is 7.68. The average Bonchev–Trinajstić information content (AvgIpc) is 3.20. The zero-order chi connectivity index (χ0) is 19.5. The number of hydrogen-bond donors (Lipinski definition) is 1. The number of rotatable bonds is 5. The predicted octanol–water partition coefficient (Wildman–Crippen LogP) is 3.55. The Kier molecular flexibility index (Phi) is 4.93. The predicted molar refractivity (Wildman–Crippen MR) is 106 cm³/mol. The van der Waals surface area contributed by atoms with Gasteiger partial charge in [0.15, 0.2) is 0 Å². The summed E-state index contributed by atoms with van der Waals surface area (Å²) in [6, 6.07) is 12.7. The molecule has 1 aromatic carbocycles. The standard InChI is InChI=1S/C22H22N4O2/c1-15(2)13-28-19-9-4-3-7-16(19)22(27)26-12-10-17-20(25-14-24-17)21(26)18-8-5-6-11-23-18/h3-9,11,14,21H,1,10,12-13H2,2H3,(H,24,25). The molecule has 0 saturated heterocycles. The fraction of sp³-hybridized carbons (Fsp3) is 0.227. The fourth-order valence-corrected chi connectivity index (χ4v) is 3.46. The van der Waals surface area contributed by atoms with Gasteiger partial charge in [0, 0.05) is 24.9 Å². The van der Waals surface area contributed by atoms with Crippen molar-refractivity contribution in [2.45, 2.75) is 19.4 Å². The van der Waals surface area contributed by atoms with Crippen LogP contribution in [-0.2, 0) is 6.42 Å². The summed E-state index contributed by atoms with van der Waals surface area (Å²) in [5, 5.41) is 0. The SMILES string of the molecule is C=C(C)COc1ccccc1C(=O)N1CCc2[nH]cnc2C1c1ccccn1. The fourth-order valence-electron chi connectivity index (χ4n) is 3.46. The van der Waals surface area contributed by atoms with E-state index in [4.69, 9.17) is 4.74 Å². The number of aromatic amines is 1. The first kappa shape index (κ1) is 18.0. The first-order valence-corrected chi connectivity index (χ1v) is 9.25. The van der Waals surface area contributed by atoms with Gasteiger partial charge in [-0.25, -0.2) is 4.98 Å². The van der Waals surface area contributed by atoms with Crippen LogP contribution in [-0.4, -0.2) is 38.9 Å². The Morgan fingerprint density at radius 1 is 1.25 bits per heavy atom. The van der Waals surface area contributed by atoms with Crippen molar-refractivity contribution in [2.75, 3.05) is 13.2 Å². The lowest BCUT2D eigenvalue weighted by Crippen LogP contribution is -2.41. The lowest BCUT2D eigenvalue weighted by molar-refractivity contribution is 0.0683. The summed E-state index contributed by atoms with van der Waals surface area (Å²) in [4.78, 5) is 27.5. The number of benzene rings is 1. The van der Waals surface area contributed by atoms with Gasteiger partial charge < -0.3 is 14.6 Å². The highest BCUT2D eigenvalue weighted by atomic mass is 16.5. The first-order valence-electron chi connectivity index (χ1n) is 9.25. The third-order valence-corrected chi connectivity index (χ3v) is 4.75. The summed E-state index contributed by atoms with van der Waals surface area (Å²) in [6.07, 6.45) is 4.14. The van der Waals surface area contributed by atoms with Gasteiger partial charge in [-0.3, -0.25) is 9.78 Å². The van der Waals surface area contributed by atoms with Crippen molar-refractivity contribution < 1.29 is 9.53 Å². The molecule has 142 valence electrons. The normalized spacial score (nSPS) is 15.8.